The third-order valence-corrected chi connectivity index (χ3v) is 4.07. The third kappa shape index (κ3) is 5.74. The Balaban J connectivity index is 2.14. The number of hydrogen-bond acceptors (Lipinski definition) is 4. The summed E-state index contributed by atoms with van der Waals surface area (Å²) in [4.78, 5) is 24.4. The molecule has 6 heteroatoms. The largest absolute Gasteiger partial charge is 0.493 e. The summed E-state index contributed by atoms with van der Waals surface area (Å²) < 4.78 is 11.1. The SMILES string of the molecule is COc1cc(C(=O)N[C@@H](C(N)=O)c2ccccc2)ccc1OCCC(C)C. The van der Waals surface area contributed by atoms with Gasteiger partial charge in [0.25, 0.3) is 5.91 Å². The van der Waals surface area contributed by atoms with Gasteiger partial charge in [-0.3, -0.25) is 9.59 Å². The van der Waals surface area contributed by atoms with Crippen LogP contribution in [0.1, 0.15) is 42.2 Å². The Bertz CT molecular complexity index is 775. The zero-order valence-electron chi connectivity index (χ0n) is 15.9. The average molecular weight is 370 g/mol. The van der Waals surface area contributed by atoms with Crippen molar-refractivity contribution in [1.29, 1.82) is 0 Å². The highest BCUT2D eigenvalue weighted by molar-refractivity contribution is 5.98. The molecule has 0 spiro atoms. The van der Waals surface area contributed by atoms with Crippen LogP contribution in [-0.4, -0.2) is 25.5 Å². The Morgan fingerprint density at radius 2 is 1.78 bits per heavy atom. The topological polar surface area (TPSA) is 90.6 Å². The van der Waals surface area contributed by atoms with Gasteiger partial charge in [0.2, 0.25) is 5.91 Å². The third-order valence-electron chi connectivity index (χ3n) is 4.07. The van der Waals surface area contributed by atoms with E-state index in [1.807, 2.05) is 6.07 Å². The van der Waals surface area contributed by atoms with Crippen molar-refractivity contribution in [2.75, 3.05) is 13.7 Å². The molecule has 0 saturated heterocycles. The van der Waals surface area contributed by atoms with Crippen molar-refractivity contribution in [3.05, 3.63) is 59.7 Å². The number of rotatable bonds is 9. The quantitative estimate of drug-likeness (QED) is 0.710. The Hall–Kier alpha value is -3.02. The van der Waals surface area contributed by atoms with E-state index in [1.165, 1.54) is 7.11 Å². The molecule has 27 heavy (non-hydrogen) atoms. The second-order valence-corrected chi connectivity index (χ2v) is 6.62. The molecule has 0 bridgehead atoms. The van der Waals surface area contributed by atoms with Gasteiger partial charge in [0, 0.05) is 5.56 Å². The molecule has 0 aliphatic heterocycles. The molecule has 0 aromatic heterocycles. The number of amides is 2. The van der Waals surface area contributed by atoms with E-state index in [1.54, 1.807) is 42.5 Å². The molecule has 1 atom stereocenters. The Labute approximate surface area is 159 Å². The molecule has 0 radical (unpaired) electrons. The maximum absolute atomic E-state index is 12.6. The number of primary amides is 1. The van der Waals surface area contributed by atoms with E-state index in [9.17, 15) is 9.59 Å². The first kappa shape index (κ1) is 20.3. The minimum absolute atomic E-state index is 0.352. The van der Waals surface area contributed by atoms with Crippen molar-refractivity contribution < 1.29 is 19.1 Å². The highest BCUT2D eigenvalue weighted by Gasteiger charge is 2.21. The molecule has 144 valence electrons. The molecule has 0 fully saturated rings. The first-order valence-corrected chi connectivity index (χ1v) is 8.88. The Kier molecular flexibility index (Phi) is 7.23. The molecule has 2 amide bonds. The molecule has 0 aliphatic carbocycles. The number of carbonyl (C=O) groups excluding carboxylic acids is 2. The number of benzene rings is 2. The highest BCUT2D eigenvalue weighted by atomic mass is 16.5. The fourth-order valence-electron chi connectivity index (χ4n) is 2.51. The Morgan fingerprint density at radius 3 is 2.37 bits per heavy atom. The second kappa shape index (κ2) is 9.62. The van der Waals surface area contributed by atoms with Crippen molar-refractivity contribution >= 4 is 11.8 Å². The van der Waals surface area contributed by atoms with Crippen LogP contribution >= 0.6 is 0 Å². The minimum atomic E-state index is -0.910. The lowest BCUT2D eigenvalue weighted by atomic mass is 10.1. The number of methoxy groups -OCH3 is 1. The maximum atomic E-state index is 12.6. The molecule has 0 aliphatic rings. The van der Waals surface area contributed by atoms with Crippen LogP contribution < -0.4 is 20.5 Å². The van der Waals surface area contributed by atoms with Gasteiger partial charge in [0.15, 0.2) is 11.5 Å². The fourth-order valence-corrected chi connectivity index (χ4v) is 2.51. The first-order valence-electron chi connectivity index (χ1n) is 8.88. The van der Waals surface area contributed by atoms with Gasteiger partial charge in [-0.15, -0.1) is 0 Å². The monoisotopic (exact) mass is 370 g/mol. The summed E-state index contributed by atoms with van der Waals surface area (Å²) in [5.74, 6) is 0.514. The van der Waals surface area contributed by atoms with E-state index in [4.69, 9.17) is 15.2 Å². The molecular weight excluding hydrogens is 344 g/mol. The average Bonchev–Trinajstić information content (AvgIpc) is 2.66. The van der Waals surface area contributed by atoms with Crippen LogP contribution in [0, 0.1) is 5.92 Å². The molecule has 3 N–H and O–H groups in total. The molecule has 2 rings (SSSR count). The lowest BCUT2D eigenvalue weighted by Gasteiger charge is -2.17. The van der Waals surface area contributed by atoms with Crippen LogP contribution in [0.4, 0.5) is 0 Å². The van der Waals surface area contributed by atoms with Gasteiger partial charge in [-0.2, -0.15) is 0 Å². The molecule has 0 unspecified atom stereocenters. The number of carbonyl (C=O) groups is 2. The van der Waals surface area contributed by atoms with Crippen molar-refractivity contribution in [1.82, 2.24) is 5.32 Å². The number of ether oxygens (including phenoxy) is 2. The van der Waals surface area contributed by atoms with Gasteiger partial charge in [-0.05, 0) is 36.1 Å². The van der Waals surface area contributed by atoms with Gasteiger partial charge in [-0.25, -0.2) is 0 Å². The summed E-state index contributed by atoms with van der Waals surface area (Å²) >= 11 is 0. The van der Waals surface area contributed by atoms with E-state index in [0.29, 0.717) is 35.2 Å². The van der Waals surface area contributed by atoms with Crippen LogP contribution in [0.2, 0.25) is 0 Å². The summed E-state index contributed by atoms with van der Waals surface area (Å²) in [5, 5.41) is 2.67. The van der Waals surface area contributed by atoms with E-state index >= 15 is 0 Å². The molecule has 0 saturated carbocycles. The van der Waals surface area contributed by atoms with Gasteiger partial charge in [0.05, 0.1) is 13.7 Å². The van der Waals surface area contributed by atoms with Gasteiger partial charge >= 0.3 is 0 Å². The second-order valence-electron chi connectivity index (χ2n) is 6.62. The summed E-state index contributed by atoms with van der Waals surface area (Å²) in [7, 11) is 1.52. The summed E-state index contributed by atoms with van der Waals surface area (Å²) in [6.07, 6.45) is 0.919. The zero-order chi connectivity index (χ0) is 19.8. The van der Waals surface area contributed by atoms with E-state index in [-0.39, 0.29) is 0 Å². The van der Waals surface area contributed by atoms with Crippen molar-refractivity contribution in [3.63, 3.8) is 0 Å². The van der Waals surface area contributed by atoms with Crippen molar-refractivity contribution in [2.24, 2.45) is 11.7 Å². The normalized spacial score (nSPS) is 11.7. The molecule has 2 aromatic rings. The van der Waals surface area contributed by atoms with E-state index < -0.39 is 17.9 Å². The van der Waals surface area contributed by atoms with Crippen molar-refractivity contribution in [3.8, 4) is 11.5 Å². The Morgan fingerprint density at radius 1 is 1.07 bits per heavy atom. The van der Waals surface area contributed by atoms with Crippen LogP contribution in [0.15, 0.2) is 48.5 Å². The van der Waals surface area contributed by atoms with Gasteiger partial charge < -0.3 is 20.5 Å². The van der Waals surface area contributed by atoms with Gasteiger partial charge in [-0.1, -0.05) is 44.2 Å². The van der Waals surface area contributed by atoms with Crippen LogP contribution in [0.25, 0.3) is 0 Å². The number of nitrogens with two attached hydrogens (primary N) is 1. The summed E-state index contributed by atoms with van der Waals surface area (Å²) in [6, 6.07) is 12.9. The molecule has 6 nitrogen and oxygen atoms in total. The van der Waals surface area contributed by atoms with E-state index in [2.05, 4.69) is 19.2 Å². The van der Waals surface area contributed by atoms with E-state index in [0.717, 1.165) is 6.42 Å². The van der Waals surface area contributed by atoms with Crippen LogP contribution in [-0.2, 0) is 4.79 Å². The highest BCUT2D eigenvalue weighted by Crippen LogP contribution is 2.28. The van der Waals surface area contributed by atoms with Crippen LogP contribution in [0.5, 0.6) is 11.5 Å². The fraction of sp³-hybridized carbons (Fsp3) is 0.333. The first-order chi connectivity index (χ1) is 12.9. The standard InChI is InChI=1S/C21H26N2O4/c1-14(2)11-12-27-17-10-9-16(13-18(17)26-3)21(25)23-19(20(22)24)15-7-5-4-6-8-15/h4-10,13-14,19H,11-12H2,1-3H3,(H2,22,24)(H,23,25)/t19-/m1/s1. The zero-order valence-corrected chi connectivity index (χ0v) is 15.9. The lowest BCUT2D eigenvalue weighted by molar-refractivity contribution is -0.120. The maximum Gasteiger partial charge on any atom is 0.252 e. The smallest absolute Gasteiger partial charge is 0.252 e. The van der Waals surface area contributed by atoms with Crippen molar-refractivity contribution in [2.45, 2.75) is 26.3 Å². The number of nitrogens with one attached hydrogen (secondary N) is 1. The predicted octanol–water partition coefficient (Wildman–Crippen LogP) is 3.08. The number of hydrogen-bond donors (Lipinski definition) is 2. The molecule has 0 heterocycles. The van der Waals surface area contributed by atoms with Crippen LogP contribution in [0.3, 0.4) is 0 Å². The predicted molar refractivity (Wildman–Crippen MR) is 104 cm³/mol. The molecule has 2 aromatic carbocycles. The lowest BCUT2D eigenvalue weighted by Crippen LogP contribution is -2.37. The minimum Gasteiger partial charge on any atom is -0.493 e. The summed E-state index contributed by atoms with van der Waals surface area (Å²) in [5.41, 5.74) is 6.43. The molecular formula is C21H26N2O4. The summed E-state index contributed by atoms with van der Waals surface area (Å²) in [6.45, 7) is 4.81. The van der Waals surface area contributed by atoms with Gasteiger partial charge in [0.1, 0.15) is 6.04 Å².